The van der Waals surface area contributed by atoms with Gasteiger partial charge in [0.25, 0.3) is 0 Å². The van der Waals surface area contributed by atoms with E-state index in [9.17, 15) is 9.18 Å². The minimum atomic E-state index is -0.682. The summed E-state index contributed by atoms with van der Waals surface area (Å²) in [6, 6.07) is 2.46. The van der Waals surface area contributed by atoms with Crippen LogP contribution in [0.5, 0.6) is 0 Å². The molecule has 0 spiro atoms. The van der Waals surface area contributed by atoms with E-state index in [1.165, 1.54) is 12.3 Å². The van der Waals surface area contributed by atoms with E-state index in [0.717, 1.165) is 6.07 Å². The van der Waals surface area contributed by atoms with Crippen LogP contribution in [0.4, 0.5) is 4.39 Å². The lowest BCUT2D eigenvalue weighted by Gasteiger charge is -2.06. The average Bonchev–Trinajstić information content (AvgIpc) is 2.03. The zero-order valence-electron chi connectivity index (χ0n) is 7.45. The number of halogens is 1. The third-order valence-electron chi connectivity index (χ3n) is 1.31. The van der Waals surface area contributed by atoms with E-state index in [0.29, 0.717) is 0 Å². The summed E-state index contributed by atoms with van der Waals surface area (Å²) in [6.07, 6.45) is 1.02. The first-order valence-electron chi connectivity index (χ1n) is 3.92. The topological polar surface area (TPSA) is 39.2 Å². The van der Waals surface area contributed by atoms with Crippen molar-refractivity contribution in [3.8, 4) is 0 Å². The van der Waals surface area contributed by atoms with Gasteiger partial charge in [0.05, 0.1) is 11.7 Å². The van der Waals surface area contributed by atoms with Gasteiger partial charge in [-0.3, -0.25) is 0 Å². The summed E-state index contributed by atoms with van der Waals surface area (Å²) in [7, 11) is 0. The second-order valence-electron chi connectivity index (χ2n) is 2.82. The Morgan fingerprint density at radius 2 is 2.31 bits per heavy atom. The molecule has 1 aromatic heterocycles. The molecule has 0 amide bonds. The van der Waals surface area contributed by atoms with Gasteiger partial charge in [0.15, 0.2) is 0 Å². The first-order valence-corrected chi connectivity index (χ1v) is 3.92. The largest absolute Gasteiger partial charge is 0.459 e. The molecular weight excluding hydrogens is 173 g/mol. The number of esters is 1. The molecule has 3 nitrogen and oxygen atoms in total. The van der Waals surface area contributed by atoms with Crippen LogP contribution in [0.15, 0.2) is 18.3 Å². The van der Waals surface area contributed by atoms with Crippen LogP contribution in [-0.2, 0) is 4.74 Å². The van der Waals surface area contributed by atoms with Crippen molar-refractivity contribution in [2.24, 2.45) is 0 Å². The van der Waals surface area contributed by atoms with Crippen LogP contribution in [0.25, 0.3) is 0 Å². The number of nitrogens with zero attached hydrogens (tertiary/aromatic N) is 1. The number of hydrogen-bond acceptors (Lipinski definition) is 3. The molecule has 0 aromatic carbocycles. The number of ether oxygens (including phenoxy) is 1. The van der Waals surface area contributed by atoms with Gasteiger partial charge in [-0.2, -0.15) is 4.39 Å². The van der Waals surface area contributed by atoms with Crippen molar-refractivity contribution in [2.75, 3.05) is 0 Å². The molecular formula is C9H10FNO2. The van der Waals surface area contributed by atoms with Crippen LogP contribution >= 0.6 is 0 Å². The van der Waals surface area contributed by atoms with Crippen molar-refractivity contribution in [1.82, 2.24) is 4.98 Å². The lowest BCUT2D eigenvalue weighted by molar-refractivity contribution is 0.0377. The number of pyridine rings is 1. The Hall–Kier alpha value is -1.45. The predicted octanol–water partition coefficient (Wildman–Crippen LogP) is 1.79. The minimum absolute atomic E-state index is 0.182. The number of carbonyl (C=O) groups excluding carboxylic acids is 1. The number of carbonyl (C=O) groups is 1. The fraction of sp³-hybridized carbons (Fsp3) is 0.333. The van der Waals surface area contributed by atoms with Gasteiger partial charge in [-0.05, 0) is 19.9 Å². The van der Waals surface area contributed by atoms with Crippen molar-refractivity contribution in [2.45, 2.75) is 20.0 Å². The highest BCUT2D eigenvalue weighted by atomic mass is 19.1. The second kappa shape index (κ2) is 3.98. The summed E-state index contributed by atoms with van der Waals surface area (Å²) in [5, 5.41) is 0. The molecule has 1 heterocycles. The molecule has 0 saturated carbocycles. The SMILES string of the molecule is CC(C)OC(=O)c1ccnc(F)c1. The molecule has 1 rings (SSSR count). The van der Waals surface area contributed by atoms with E-state index in [4.69, 9.17) is 4.74 Å². The summed E-state index contributed by atoms with van der Waals surface area (Å²) in [5.74, 6) is -1.21. The maximum absolute atomic E-state index is 12.5. The number of aromatic nitrogens is 1. The smallest absolute Gasteiger partial charge is 0.338 e. The minimum Gasteiger partial charge on any atom is -0.459 e. The third-order valence-corrected chi connectivity index (χ3v) is 1.31. The van der Waals surface area contributed by atoms with E-state index in [-0.39, 0.29) is 11.7 Å². The van der Waals surface area contributed by atoms with E-state index >= 15 is 0 Å². The standard InChI is InChI=1S/C9H10FNO2/c1-6(2)13-9(12)7-3-4-11-8(10)5-7/h3-6H,1-2H3. The lowest BCUT2D eigenvalue weighted by atomic mass is 10.3. The Balaban J connectivity index is 2.77. The van der Waals surface area contributed by atoms with Crippen molar-refractivity contribution in [1.29, 1.82) is 0 Å². The predicted molar refractivity (Wildman–Crippen MR) is 44.7 cm³/mol. The molecule has 70 valence electrons. The molecule has 0 aliphatic heterocycles. The van der Waals surface area contributed by atoms with Gasteiger partial charge in [0.1, 0.15) is 0 Å². The normalized spacial score (nSPS) is 10.2. The number of hydrogen-bond donors (Lipinski definition) is 0. The van der Waals surface area contributed by atoms with Crippen LogP contribution < -0.4 is 0 Å². The Kier molecular flexibility index (Phi) is 2.95. The maximum Gasteiger partial charge on any atom is 0.338 e. The molecule has 0 aliphatic carbocycles. The zero-order chi connectivity index (χ0) is 9.84. The first-order chi connectivity index (χ1) is 6.09. The Morgan fingerprint density at radius 3 is 2.85 bits per heavy atom. The van der Waals surface area contributed by atoms with Gasteiger partial charge in [0.2, 0.25) is 5.95 Å². The molecule has 0 atom stereocenters. The molecule has 0 radical (unpaired) electrons. The summed E-state index contributed by atoms with van der Waals surface area (Å²) in [5.41, 5.74) is 0.182. The van der Waals surface area contributed by atoms with E-state index in [2.05, 4.69) is 4.98 Å². The summed E-state index contributed by atoms with van der Waals surface area (Å²) >= 11 is 0. The van der Waals surface area contributed by atoms with Crippen LogP contribution in [-0.4, -0.2) is 17.1 Å². The summed E-state index contributed by atoms with van der Waals surface area (Å²) < 4.78 is 17.4. The van der Waals surface area contributed by atoms with Gasteiger partial charge >= 0.3 is 5.97 Å². The van der Waals surface area contributed by atoms with Crippen molar-refractivity contribution in [3.05, 3.63) is 29.8 Å². The van der Waals surface area contributed by atoms with Crippen LogP contribution in [0.2, 0.25) is 0 Å². The fourth-order valence-electron chi connectivity index (χ4n) is 0.812. The highest BCUT2D eigenvalue weighted by Crippen LogP contribution is 2.04. The molecule has 13 heavy (non-hydrogen) atoms. The highest BCUT2D eigenvalue weighted by Gasteiger charge is 2.09. The van der Waals surface area contributed by atoms with E-state index < -0.39 is 11.9 Å². The van der Waals surface area contributed by atoms with Crippen molar-refractivity contribution < 1.29 is 13.9 Å². The van der Waals surface area contributed by atoms with Crippen molar-refractivity contribution >= 4 is 5.97 Å². The van der Waals surface area contributed by atoms with E-state index in [1.54, 1.807) is 13.8 Å². The Bertz CT molecular complexity index is 312. The monoisotopic (exact) mass is 183 g/mol. The maximum atomic E-state index is 12.5. The van der Waals surface area contributed by atoms with Gasteiger partial charge in [-0.25, -0.2) is 9.78 Å². The lowest BCUT2D eigenvalue weighted by Crippen LogP contribution is -2.11. The molecule has 4 heteroatoms. The molecule has 0 aliphatic rings. The van der Waals surface area contributed by atoms with E-state index in [1.807, 2.05) is 0 Å². The van der Waals surface area contributed by atoms with Gasteiger partial charge in [0, 0.05) is 12.3 Å². The molecule has 0 bridgehead atoms. The molecule has 1 aromatic rings. The summed E-state index contributed by atoms with van der Waals surface area (Å²) in [4.78, 5) is 14.5. The third kappa shape index (κ3) is 2.82. The fourth-order valence-corrected chi connectivity index (χ4v) is 0.812. The average molecular weight is 183 g/mol. The quantitative estimate of drug-likeness (QED) is 0.518. The van der Waals surface area contributed by atoms with Gasteiger partial charge in [-0.15, -0.1) is 0 Å². The molecule has 0 saturated heterocycles. The van der Waals surface area contributed by atoms with Crippen LogP contribution in [0.3, 0.4) is 0 Å². The molecule has 0 fully saturated rings. The van der Waals surface area contributed by atoms with Crippen LogP contribution in [0, 0.1) is 5.95 Å². The Labute approximate surface area is 75.6 Å². The highest BCUT2D eigenvalue weighted by molar-refractivity contribution is 5.89. The number of rotatable bonds is 2. The van der Waals surface area contributed by atoms with Gasteiger partial charge < -0.3 is 4.74 Å². The first kappa shape index (κ1) is 9.64. The Morgan fingerprint density at radius 1 is 1.62 bits per heavy atom. The second-order valence-corrected chi connectivity index (χ2v) is 2.82. The van der Waals surface area contributed by atoms with Gasteiger partial charge in [-0.1, -0.05) is 0 Å². The summed E-state index contributed by atoms with van der Waals surface area (Å²) in [6.45, 7) is 3.46. The molecule has 0 unspecified atom stereocenters. The molecule has 0 N–H and O–H groups in total. The van der Waals surface area contributed by atoms with Crippen molar-refractivity contribution in [3.63, 3.8) is 0 Å². The zero-order valence-corrected chi connectivity index (χ0v) is 7.45. The van der Waals surface area contributed by atoms with Crippen LogP contribution in [0.1, 0.15) is 24.2 Å².